The average molecular weight is 587 g/mol. The first-order chi connectivity index (χ1) is 19.9. The monoisotopic (exact) mass is 586 g/mol. The van der Waals surface area contributed by atoms with Gasteiger partial charge in [0.2, 0.25) is 5.91 Å². The fraction of sp³-hybridized carbons (Fsp3) is 0.517. The predicted octanol–water partition coefficient (Wildman–Crippen LogP) is 1.31. The number of imide groups is 1. The molecule has 0 aliphatic carbocycles. The molecule has 1 saturated heterocycles. The van der Waals surface area contributed by atoms with E-state index >= 15 is 0 Å². The van der Waals surface area contributed by atoms with Gasteiger partial charge in [0.05, 0.1) is 0 Å². The molecule has 0 bridgehead atoms. The SMILES string of the molecule is CC(C)(C)OC(=O)NCCCCCC(=O)NC(Cc1c[nH]c2ccccc12)C(O)=[NH+]CCC(=O)ON1C(=O)CCC1=O. The third kappa shape index (κ3) is 10.2. The van der Waals surface area contributed by atoms with Gasteiger partial charge in [-0.25, -0.2) is 14.6 Å². The first-order valence-electron chi connectivity index (χ1n) is 14.1. The summed E-state index contributed by atoms with van der Waals surface area (Å²) in [5, 5.41) is 17.8. The van der Waals surface area contributed by atoms with Crippen molar-refractivity contribution in [3.8, 4) is 0 Å². The Labute approximate surface area is 244 Å². The van der Waals surface area contributed by atoms with Crippen molar-refractivity contribution in [3.05, 3.63) is 36.0 Å². The van der Waals surface area contributed by atoms with E-state index in [1.54, 1.807) is 20.8 Å². The molecule has 2 aromatic rings. The molecular weight excluding hydrogens is 546 g/mol. The molecule has 0 radical (unpaired) electrons. The van der Waals surface area contributed by atoms with Gasteiger partial charge in [-0.3, -0.25) is 14.4 Å². The molecule has 228 valence electrons. The van der Waals surface area contributed by atoms with Crippen LogP contribution in [0.3, 0.4) is 0 Å². The Balaban J connectivity index is 1.52. The van der Waals surface area contributed by atoms with Crippen molar-refractivity contribution in [2.45, 2.75) is 83.8 Å². The van der Waals surface area contributed by atoms with Crippen molar-refractivity contribution in [1.29, 1.82) is 0 Å². The van der Waals surface area contributed by atoms with Crippen molar-refractivity contribution >= 4 is 46.6 Å². The Morgan fingerprint density at radius 3 is 2.50 bits per heavy atom. The first-order valence-corrected chi connectivity index (χ1v) is 14.1. The van der Waals surface area contributed by atoms with Crippen LogP contribution in [-0.2, 0) is 35.2 Å². The number of carbonyl (C=O) groups excluding carboxylic acids is 5. The van der Waals surface area contributed by atoms with Crippen LogP contribution in [-0.4, -0.2) is 75.6 Å². The van der Waals surface area contributed by atoms with E-state index in [-0.39, 0.29) is 50.5 Å². The molecule has 1 fully saturated rings. The Bertz CT molecular complexity index is 1300. The number of rotatable bonds is 14. The lowest BCUT2D eigenvalue weighted by Crippen LogP contribution is -2.77. The molecule has 1 aromatic heterocycles. The molecule has 42 heavy (non-hydrogen) atoms. The fourth-order valence-corrected chi connectivity index (χ4v) is 4.32. The minimum atomic E-state index is -0.808. The van der Waals surface area contributed by atoms with E-state index in [1.165, 1.54) is 0 Å². The molecule has 1 aromatic carbocycles. The molecule has 5 N–H and O–H groups in total. The van der Waals surface area contributed by atoms with Crippen LogP contribution in [0, 0.1) is 0 Å². The second-order valence-electron chi connectivity index (χ2n) is 11.0. The van der Waals surface area contributed by atoms with E-state index in [4.69, 9.17) is 9.57 Å². The Morgan fingerprint density at radius 2 is 1.79 bits per heavy atom. The number of carbonyl (C=O) groups is 5. The van der Waals surface area contributed by atoms with Gasteiger partial charge in [-0.15, -0.1) is 5.06 Å². The number of alkyl carbamates (subject to hydrolysis) is 1. The van der Waals surface area contributed by atoms with Gasteiger partial charge in [0.1, 0.15) is 12.0 Å². The number of aromatic nitrogens is 1. The molecular formula is C29H40N5O8+. The Hall–Kier alpha value is -4.42. The van der Waals surface area contributed by atoms with Gasteiger partial charge in [-0.05, 0) is 45.2 Å². The van der Waals surface area contributed by atoms with Crippen LogP contribution in [0.1, 0.15) is 71.3 Å². The number of hydrogen-bond acceptors (Lipinski definition) is 7. The maximum Gasteiger partial charge on any atom is 0.407 e. The lowest BCUT2D eigenvalue weighted by atomic mass is 10.0. The summed E-state index contributed by atoms with van der Waals surface area (Å²) in [7, 11) is 0. The van der Waals surface area contributed by atoms with Crippen LogP contribution >= 0.6 is 0 Å². The van der Waals surface area contributed by atoms with Gasteiger partial charge >= 0.3 is 18.0 Å². The summed E-state index contributed by atoms with van der Waals surface area (Å²) in [5.74, 6) is -2.46. The second-order valence-corrected chi connectivity index (χ2v) is 11.0. The molecule has 4 amide bonds. The number of aliphatic hydroxyl groups excluding tert-OH is 1. The van der Waals surface area contributed by atoms with E-state index in [0.29, 0.717) is 30.9 Å². The van der Waals surface area contributed by atoms with Crippen LogP contribution in [0.25, 0.3) is 10.9 Å². The summed E-state index contributed by atoms with van der Waals surface area (Å²) >= 11 is 0. The average Bonchev–Trinajstić information content (AvgIpc) is 3.47. The molecule has 1 unspecified atom stereocenters. The number of hydroxylamine groups is 2. The molecule has 13 nitrogen and oxygen atoms in total. The number of aliphatic hydroxyl groups is 1. The van der Waals surface area contributed by atoms with Gasteiger partial charge in [0.25, 0.3) is 11.8 Å². The fourth-order valence-electron chi connectivity index (χ4n) is 4.32. The van der Waals surface area contributed by atoms with Crippen LogP contribution in [0.5, 0.6) is 0 Å². The van der Waals surface area contributed by atoms with Crippen LogP contribution in [0.15, 0.2) is 30.5 Å². The molecule has 1 aliphatic heterocycles. The topological polar surface area (TPSA) is 181 Å². The molecule has 2 heterocycles. The zero-order valence-electron chi connectivity index (χ0n) is 24.3. The highest BCUT2D eigenvalue weighted by molar-refractivity contribution is 6.01. The molecule has 3 rings (SSSR count). The summed E-state index contributed by atoms with van der Waals surface area (Å²) < 4.78 is 5.19. The number of H-pyrrole nitrogens is 1. The molecule has 0 spiro atoms. The van der Waals surface area contributed by atoms with Gasteiger partial charge in [0, 0.05) is 49.3 Å². The second kappa shape index (κ2) is 15.0. The van der Waals surface area contributed by atoms with E-state index in [1.807, 2.05) is 30.5 Å². The molecule has 0 saturated carbocycles. The third-order valence-electron chi connectivity index (χ3n) is 6.35. The lowest BCUT2D eigenvalue weighted by molar-refractivity contribution is -0.467. The minimum absolute atomic E-state index is 0.00286. The summed E-state index contributed by atoms with van der Waals surface area (Å²) in [6.07, 6.45) is 3.55. The number of para-hydroxylation sites is 1. The van der Waals surface area contributed by atoms with Crippen molar-refractivity contribution in [2.24, 2.45) is 0 Å². The van der Waals surface area contributed by atoms with Crippen molar-refractivity contribution in [1.82, 2.24) is 20.7 Å². The Kier molecular flexibility index (Phi) is 11.5. The number of ether oxygens (including phenoxy) is 1. The van der Waals surface area contributed by atoms with Gasteiger partial charge in [-0.1, -0.05) is 24.6 Å². The highest BCUT2D eigenvalue weighted by Crippen LogP contribution is 2.19. The number of benzene rings is 1. The number of nitrogens with one attached hydrogen (secondary N) is 4. The number of fused-ring (bicyclic) bond motifs is 1. The minimum Gasteiger partial charge on any atom is -0.462 e. The van der Waals surface area contributed by atoms with Crippen molar-refractivity contribution in [2.75, 3.05) is 13.1 Å². The van der Waals surface area contributed by atoms with E-state index in [2.05, 4.69) is 20.6 Å². The van der Waals surface area contributed by atoms with Gasteiger partial charge in [-0.2, -0.15) is 0 Å². The van der Waals surface area contributed by atoms with E-state index in [9.17, 15) is 29.1 Å². The number of amides is 4. The standard InChI is InChI=1S/C29H39N5O8/c1-29(2,3)41-28(40)31-15-8-4-5-11-23(35)33-22(17-19-18-32-21-10-7-6-9-20(19)21)27(39)30-16-14-26(38)42-34-24(36)12-13-25(34)37/h6-7,9-10,18,22,32H,4-5,8,11-17H2,1-3H3,(H,30,39)(H,31,40)(H,33,35)/p+1. The summed E-state index contributed by atoms with van der Waals surface area (Å²) in [4.78, 5) is 70.7. The molecule has 13 heteroatoms. The third-order valence-corrected chi connectivity index (χ3v) is 6.35. The number of hydrogen-bond donors (Lipinski definition) is 5. The van der Waals surface area contributed by atoms with Gasteiger partial charge in [0.15, 0.2) is 12.6 Å². The normalized spacial score (nSPS) is 14.6. The van der Waals surface area contributed by atoms with Crippen molar-refractivity contribution in [3.63, 3.8) is 0 Å². The van der Waals surface area contributed by atoms with E-state index in [0.717, 1.165) is 16.5 Å². The van der Waals surface area contributed by atoms with Crippen LogP contribution < -0.4 is 15.6 Å². The molecule has 1 atom stereocenters. The highest BCUT2D eigenvalue weighted by atomic mass is 16.7. The number of unbranched alkanes of at least 4 members (excludes halogenated alkanes) is 2. The maximum atomic E-state index is 12.8. The van der Waals surface area contributed by atoms with Crippen LogP contribution in [0.2, 0.25) is 0 Å². The first kappa shape index (κ1) is 32.1. The largest absolute Gasteiger partial charge is 0.462 e. The molecule has 1 aliphatic rings. The van der Waals surface area contributed by atoms with E-state index < -0.39 is 35.5 Å². The summed E-state index contributed by atoms with van der Waals surface area (Å²) in [6, 6.07) is 6.86. The summed E-state index contributed by atoms with van der Waals surface area (Å²) in [6.45, 7) is 5.75. The van der Waals surface area contributed by atoms with Gasteiger partial charge < -0.3 is 30.3 Å². The maximum absolute atomic E-state index is 12.8. The number of nitrogens with zero attached hydrogens (tertiary/aromatic N) is 1. The number of aromatic amines is 1. The van der Waals surface area contributed by atoms with Crippen molar-refractivity contribution < 1.29 is 43.6 Å². The smallest absolute Gasteiger partial charge is 0.407 e. The lowest BCUT2D eigenvalue weighted by Gasteiger charge is -2.19. The quantitative estimate of drug-likeness (QED) is 0.0951. The zero-order valence-corrected chi connectivity index (χ0v) is 24.3. The highest BCUT2D eigenvalue weighted by Gasteiger charge is 2.33. The summed E-state index contributed by atoms with van der Waals surface area (Å²) in [5.41, 5.74) is 1.22. The predicted molar refractivity (Wildman–Crippen MR) is 152 cm³/mol. The van der Waals surface area contributed by atoms with Crippen LogP contribution in [0.4, 0.5) is 4.79 Å². The zero-order chi connectivity index (χ0) is 30.7. The Morgan fingerprint density at radius 1 is 1.07 bits per heavy atom.